The van der Waals surface area contributed by atoms with Gasteiger partial charge in [-0.15, -0.1) is 0 Å². The van der Waals surface area contributed by atoms with Crippen molar-refractivity contribution in [3.05, 3.63) is 11.8 Å². The highest BCUT2D eigenvalue weighted by atomic mass is 16.7. The summed E-state index contributed by atoms with van der Waals surface area (Å²) in [5.74, 6) is 0.612. The fourth-order valence-corrected chi connectivity index (χ4v) is 3.29. The smallest absolute Gasteiger partial charge is 0.398 e. The van der Waals surface area contributed by atoms with Gasteiger partial charge >= 0.3 is 7.12 Å². The SMILES string of the molecule is CC1(C)OB(c2cc(C3CC3)nn2[C@H]2CCCCO2)OC1(C)C. The second kappa shape index (κ2) is 5.33. The van der Waals surface area contributed by atoms with Gasteiger partial charge in [-0.2, -0.15) is 5.10 Å². The molecule has 1 saturated carbocycles. The molecule has 3 fully saturated rings. The molecule has 0 unspecified atom stereocenters. The quantitative estimate of drug-likeness (QED) is 0.804. The van der Waals surface area contributed by atoms with Crippen LogP contribution in [-0.2, 0) is 14.0 Å². The molecule has 1 aliphatic carbocycles. The van der Waals surface area contributed by atoms with E-state index in [9.17, 15) is 0 Å². The van der Waals surface area contributed by atoms with Crippen LogP contribution >= 0.6 is 0 Å². The molecule has 126 valence electrons. The van der Waals surface area contributed by atoms with Crippen LogP contribution in [0.25, 0.3) is 0 Å². The van der Waals surface area contributed by atoms with Gasteiger partial charge in [0.25, 0.3) is 0 Å². The predicted molar refractivity (Wildman–Crippen MR) is 88.8 cm³/mol. The summed E-state index contributed by atoms with van der Waals surface area (Å²) in [5, 5.41) is 4.87. The molecule has 0 amide bonds. The van der Waals surface area contributed by atoms with Crippen LogP contribution in [0.15, 0.2) is 6.07 Å². The molecule has 23 heavy (non-hydrogen) atoms. The molecule has 6 heteroatoms. The number of ether oxygens (including phenoxy) is 1. The van der Waals surface area contributed by atoms with Gasteiger partial charge in [0.1, 0.15) is 6.23 Å². The fraction of sp³-hybridized carbons (Fsp3) is 0.824. The fourth-order valence-electron chi connectivity index (χ4n) is 3.29. The van der Waals surface area contributed by atoms with Crippen molar-refractivity contribution in [3.63, 3.8) is 0 Å². The lowest BCUT2D eigenvalue weighted by atomic mass is 9.84. The van der Waals surface area contributed by atoms with Crippen LogP contribution in [-0.4, -0.2) is 34.7 Å². The summed E-state index contributed by atoms with van der Waals surface area (Å²) in [6.07, 6.45) is 5.84. The van der Waals surface area contributed by atoms with Crippen LogP contribution < -0.4 is 5.59 Å². The highest BCUT2D eigenvalue weighted by molar-refractivity contribution is 6.61. The molecule has 2 aliphatic heterocycles. The summed E-state index contributed by atoms with van der Waals surface area (Å²) < 4.78 is 20.5. The second-order valence-electron chi connectivity index (χ2n) is 8.12. The molecular formula is C17H27BN2O3. The van der Waals surface area contributed by atoms with Crippen molar-refractivity contribution in [3.8, 4) is 0 Å². The van der Waals surface area contributed by atoms with E-state index in [4.69, 9.17) is 19.1 Å². The van der Waals surface area contributed by atoms with E-state index in [-0.39, 0.29) is 24.5 Å². The van der Waals surface area contributed by atoms with E-state index < -0.39 is 0 Å². The Labute approximate surface area is 138 Å². The molecule has 1 aromatic rings. The zero-order valence-electron chi connectivity index (χ0n) is 14.7. The summed E-state index contributed by atoms with van der Waals surface area (Å²) >= 11 is 0. The van der Waals surface area contributed by atoms with Gasteiger partial charge in [0.05, 0.1) is 22.5 Å². The van der Waals surface area contributed by atoms with Gasteiger partial charge in [0, 0.05) is 12.5 Å². The summed E-state index contributed by atoms with van der Waals surface area (Å²) in [6, 6.07) is 2.18. The second-order valence-corrected chi connectivity index (χ2v) is 8.12. The van der Waals surface area contributed by atoms with Gasteiger partial charge in [0.2, 0.25) is 0 Å². The lowest BCUT2D eigenvalue weighted by molar-refractivity contribution is -0.0381. The molecule has 0 aromatic carbocycles. The Morgan fingerprint density at radius 3 is 2.35 bits per heavy atom. The summed E-state index contributed by atoms with van der Waals surface area (Å²) in [6.45, 7) is 9.17. The van der Waals surface area contributed by atoms with Crippen molar-refractivity contribution in [1.82, 2.24) is 9.78 Å². The van der Waals surface area contributed by atoms with Crippen molar-refractivity contribution >= 4 is 12.7 Å². The third-order valence-electron chi connectivity index (χ3n) is 5.70. The Bertz CT molecular complexity index is 573. The first-order valence-electron chi connectivity index (χ1n) is 8.94. The Morgan fingerprint density at radius 1 is 1.09 bits per heavy atom. The molecule has 0 radical (unpaired) electrons. The van der Waals surface area contributed by atoms with E-state index in [2.05, 4.69) is 33.8 Å². The summed E-state index contributed by atoms with van der Waals surface area (Å²) in [4.78, 5) is 0. The van der Waals surface area contributed by atoms with Crippen molar-refractivity contribution in [2.75, 3.05) is 6.61 Å². The number of aromatic nitrogens is 2. The monoisotopic (exact) mass is 318 g/mol. The van der Waals surface area contributed by atoms with Crippen molar-refractivity contribution < 1.29 is 14.0 Å². The first-order chi connectivity index (χ1) is 10.9. The van der Waals surface area contributed by atoms with Gasteiger partial charge < -0.3 is 14.0 Å². The van der Waals surface area contributed by atoms with Crippen LogP contribution in [0.4, 0.5) is 0 Å². The predicted octanol–water partition coefficient (Wildman–Crippen LogP) is 2.76. The van der Waals surface area contributed by atoms with E-state index in [1.807, 2.05) is 4.68 Å². The van der Waals surface area contributed by atoms with Gasteiger partial charge in [-0.3, -0.25) is 0 Å². The van der Waals surface area contributed by atoms with E-state index in [1.54, 1.807) is 0 Å². The van der Waals surface area contributed by atoms with Crippen molar-refractivity contribution in [2.45, 2.75) is 83.1 Å². The van der Waals surface area contributed by atoms with E-state index >= 15 is 0 Å². The zero-order valence-corrected chi connectivity index (χ0v) is 14.7. The standard InChI is InChI=1S/C17H27BN2O3/c1-16(2)17(3,4)23-18(22-16)14-11-13(12-8-9-12)19-20(14)15-7-5-6-10-21-15/h11-12,15H,5-10H2,1-4H3/t15-/m1/s1. The number of nitrogens with zero attached hydrogens (tertiary/aromatic N) is 2. The maximum absolute atomic E-state index is 6.26. The minimum absolute atomic E-state index is 0.0188. The molecule has 1 atom stereocenters. The van der Waals surface area contributed by atoms with Gasteiger partial charge in [-0.05, 0) is 65.9 Å². The van der Waals surface area contributed by atoms with E-state index in [0.29, 0.717) is 5.92 Å². The van der Waals surface area contributed by atoms with Gasteiger partial charge in [-0.25, -0.2) is 4.68 Å². The molecule has 3 heterocycles. The average molecular weight is 318 g/mol. The molecule has 0 N–H and O–H groups in total. The van der Waals surface area contributed by atoms with Crippen LogP contribution in [0.1, 0.15) is 77.6 Å². The Kier molecular flexibility index (Phi) is 3.63. The summed E-state index contributed by atoms with van der Waals surface area (Å²) in [5.41, 5.74) is 1.51. The molecular weight excluding hydrogens is 291 g/mol. The third-order valence-corrected chi connectivity index (χ3v) is 5.70. The number of hydrogen-bond donors (Lipinski definition) is 0. The van der Waals surface area contributed by atoms with Gasteiger partial charge in [0.15, 0.2) is 0 Å². The van der Waals surface area contributed by atoms with E-state index in [0.717, 1.165) is 25.0 Å². The Balaban J connectivity index is 1.67. The first kappa shape index (κ1) is 15.7. The molecule has 1 aromatic heterocycles. The lowest BCUT2D eigenvalue weighted by Gasteiger charge is -2.32. The maximum Gasteiger partial charge on any atom is 0.514 e. The largest absolute Gasteiger partial charge is 0.514 e. The van der Waals surface area contributed by atoms with Crippen LogP contribution in [0.3, 0.4) is 0 Å². The van der Waals surface area contributed by atoms with Crippen molar-refractivity contribution in [1.29, 1.82) is 0 Å². The Hall–Kier alpha value is -0.845. The molecule has 4 rings (SSSR count). The topological polar surface area (TPSA) is 45.5 Å². The molecule has 3 aliphatic rings. The maximum atomic E-state index is 6.26. The molecule has 2 saturated heterocycles. The lowest BCUT2D eigenvalue weighted by Crippen LogP contribution is -2.42. The number of hydrogen-bond acceptors (Lipinski definition) is 4. The van der Waals surface area contributed by atoms with Crippen LogP contribution in [0.5, 0.6) is 0 Å². The average Bonchev–Trinajstić information content (AvgIpc) is 3.20. The summed E-state index contributed by atoms with van der Waals surface area (Å²) in [7, 11) is -0.370. The first-order valence-corrected chi connectivity index (χ1v) is 8.94. The minimum atomic E-state index is -0.370. The molecule has 5 nitrogen and oxygen atoms in total. The van der Waals surface area contributed by atoms with Crippen LogP contribution in [0.2, 0.25) is 0 Å². The Morgan fingerprint density at radius 2 is 1.78 bits per heavy atom. The van der Waals surface area contributed by atoms with Gasteiger partial charge in [-0.1, -0.05) is 0 Å². The van der Waals surface area contributed by atoms with Crippen LogP contribution in [0, 0.1) is 0 Å². The molecule has 0 spiro atoms. The van der Waals surface area contributed by atoms with Crippen molar-refractivity contribution in [2.24, 2.45) is 0 Å². The van der Waals surface area contributed by atoms with E-state index in [1.165, 1.54) is 25.0 Å². The molecule has 0 bridgehead atoms. The zero-order chi connectivity index (χ0) is 16.2. The third kappa shape index (κ3) is 2.75. The highest BCUT2D eigenvalue weighted by Crippen LogP contribution is 2.40. The highest BCUT2D eigenvalue weighted by Gasteiger charge is 2.53. The normalized spacial score (nSPS) is 29.9. The minimum Gasteiger partial charge on any atom is -0.398 e. The number of rotatable bonds is 3.